The third kappa shape index (κ3) is 4.47. The Morgan fingerprint density at radius 1 is 1.60 bits per heavy atom. The quantitative estimate of drug-likeness (QED) is 0.516. The van der Waals surface area contributed by atoms with E-state index in [4.69, 9.17) is 4.74 Å². The number of carbonyl (C=O) groups is 1. The number of hydrogen-bond donors (Lipinski definition) is 1. The van der Waals surface area contributed by atoms with Gasteiger partial charge < -0.3 is 10.1 Å². The van der Waals surface area contributed by atoms with Crippen LogP contribution in [0.2, 0.25) is 0 Å². The van der Waals surface area contributed by atoms with Crippen LogP contribution in [0, 0.1) is 5.92 Å². The first kappa shape index (κ1) is 12.2. The average Bonchev–Trinajstić information content (AvgIpc) is 2.15. The summed E-state index contributed by atoms with van der Waals surface area (Å²) in [5.74, 6) is 0.696. The molecule has 0 aromatic heterocycles. The lowest BCUT2D eigenvalue weighted by molar-refractivity contribution is -0.124. The Hall–Kier alpha value is -0.830. The molecule has 0 atom stereocenters. The molecule has 1 fully saturated rings. The lowest BCUT2D eigenvalue weighted by Crippen LogP contribution is -2.35. The van der Waals surface area contributed by atoms with Gasteiger partial charge in [0, 0.05) is 19.6 Å². The molecule has 0 aromatic carbocycles. The van der Waals surface area contributed by atoms with Gasteiger partial charge in [0.25, 0.3) is 0 Å². The third-order valence-electron chi connectivity index (χ3n) is 2.74. The molecule has 1 aliphatic carbocycles. The summed E-state index contributed by atoms with van der Waals surface area (Å²) < 4.78 is 5.44. The number of amides is 1. The van der Waals surface area contributed by atoms with Gasteiger partial charge in [-0.05, 0) is 32.1 Å². The standard InChI is InChI=1S/C12H21NO2/c1-3-5-6-13-12(14)9-10-7-11(8-10)15-4-2/h3,10-11H,1,4-9H2,2H3,(H,13,14). The van der Waals surface area contributed by atoms with Crippen molar-refractivity contribution in [2.45, 2.75) is 38.7 Å². The summed E-state index contributed by atoms with van der Waals surface area (Å²) in [4.78, 5) is 11.4. The van der Waals surface area contributed by atoms with Crippen molar-refractivity contribution >= 4 is 5.91 Å². The highest BCUT2D eigenvalue weighted by Crippen LogP contribution is 2.32. The molecule has 0 aromatic rings. The zero-order chi connectivity index (χ0) is 11.1. The van der Waals surface area contributed by atoms with Gasteiger partial charge in [0.2, 0.25) is 5.91 Å². The summed E-state index contributed by atoms with van der Waals surface area (Å²) in [5.41, 5.74) is 0. The van der Waals surface area contributed by atoms with Gasteiger partial charge in [-0.25, -0.2) is 0 Å². The van der Waals surface area contributed by atoms with Crippen molar-refractivity contribution in [1.29, 1.82) is 0 Å². The van der Waals surface area contributed by atoms with Gasteiger partial charge in [-0.15, -0.1) is 6.58 Å². The highest BCUT2D eigenvalue weighted by molar-refractivity contribution is 5.76. The predicted octanol–water partition coefficient (Wildman–Crippen LogP) is 1.88. The first-order chi connectivity index (χ1) is 7.26. The second-order valence-electron chi connectivity index (χ2n) is 4.05. The van der Waals surface area contributed by atoms with E-state index in [-0.39, 0.29) is 5.91 Å². The Balaban J connectivity index is 2.00. The number of hydrogen-bond acceptors (Lipinski definition) is 2. The SMILES string of the molecule is C=CCCNC(=O)CC1CC(OCC)C1. The minimum absolute atomic E-state index is 0.164. The van der Waals surface area contributed by atoms with Crippen LogP contribution in [0.4, 0.5) is 0 Å². The summed E-state index contributed by atoms with van der Waals surface area (Å²) >= 11 is 0. The van der Waals surface area contributed by atoms with Crippen molar-refractivity contribution in [3.8, 4) is 0 Å². The molecule has 1 amide bonds. The Bertz CT molecular complexity index is 210. The van der Waals surface area contributed by atoms with E-state index in [1.807, 2.05) is 13.0 Å². The van der Waals surface area contributed by atoms with Crippen LogP contribution in [0.3, 0.4) is 0 Å². The van der Waals surface area contributed by atoms with E-state index in [9.17, 15) is 4.79 Å². The second kappa shape index (κ2) is 6.62. The van der Waals surface area contributed by atoms with Gasteiger partial charge in [-0.2, -0.15) is 0 Å². The minimum Gasteiger partial charge on any atom is -0.378 e. The van der Waals surface area contributed by atoms with E-state index in [1.54, 1.807) is 0 Å². The van der Waals surface area contributed by atoms with E-state index in [0.717, 1.165) is 25.9 Å². The van der Waals surface area contributed by atoms with Crippen molar-refractivity contribution in [2.24, 2.45) is 5.92 Å². The zero-order valence-corrected chi connectivity index (χ0v) is 9.50. The van der Waals surface area contributed by atoms with Crippen molar-refractivity contribution < 1.29 is 9.53 Å². The first-order valence-corrected chi connectivity index (χ1v) is 5.75. The zero-order valence-electron chi connectivity index (χ0n) is 9.50. The molecule has 0 radical (unpaired) electrons. The molecule has 0 heterocycles. The van der Waals surface area contributed by atoms with E-state index >= 15 is 0 Å². The van der Waals surface area contributed by atoms with Crippen LogP contribution in [0.25, 0.3) is 0 Å². The molecule has 15 heavy (non-hydrogen) atoms. The van der Waals surface area contributed by atoms with Gasteiger partial charge in [0.1, 0.15) is 0 Å². The van der Waals surface area contributed by atoms with Gasteiger partial charge in [0.05, 0.1) is 6.10 Å². The summed E-state index contributed by atoms with van der Waals surface area (Å²) in [7, 11) is 0. The number of carbonyl (C=O) groups excluding carboxylic acids is 1. The van der Waals surface area contributed by atoms with E-state index in [0.29, 0.717) is 25.0 Å². The molecule has 0 bridgehead atoms. The van der Waals surface area contributed by atoms with Crippen molar-refractivity contribution in [3.63, 3.8) is 0 Å². The molecule has 0 saturated heterocycles. The van der Waals surface area contributed by atoms with E-state index < -0.39 is 0 Å². The highest BCUT2D eigenvalue weighted by atomic mass is 16.5. The Morgan fingerprint density at radius 2 is 2.33 bits per heavy atom. The number of ether oxygens (including phenoxy) is 1. The largest absolute Gasteiger partial charge is 0.378 e. The predicted molar refractivity (Wildman–Crippen MR) is 60.6 cm³/mol. The van der Waals surface area contributed by atoms with Gasteiger partial charge >= 0.3 is 0 Å². The number of nitrogens with one attached hydrogen (secondary N) is 1. The topological polar surface area (TPSA) is 38.3 Å². The lowest BCUT2D eigenvalue weighted by atomic mass is 9.80. The highest BCUT2D eigenvalue weighted by Gasteiger charge is 2.30. The maximum Gasteiger partial charge on any atom is 0.220 e. The van der Waals surface area contributed by atoms with Crippen LogP contribution in [-0.4, -0.2) is 25.2 Å². The van der Waals surface area contributed by atoms with Gasteiger partial charge in [-0.1, -0.05) is 6.08 Å². The molecule has 86 valence electrons. The summed E-state index contributed by atoms with van der Waals surface area (Å²) in [6.45, 7) is 7.11. The monoisotopic (exact) mass is 211 g/mol. The van der Waals surface area contributed by atoms with Crippen LogP contribution in [0.1, 0.15) is 32.6 Å². The molecular formula is C12H21NO2. The molecule has 3 nitrogen and oxygen atoms in total. The molecule has 1 rings (SSSR count). The van der Waals surface area contributed by atoms with Crippen LogP contribution in [0.5, 0.6) is 0 Å². The Kier molecular flexibility index (Phi) is 5.40. The second-order valence-corrected chi connectivity index (χ2v) is 4.05. The van der Waals surface area contributed by atoms with Crippen LogP contribution in [0.15, 0.2) is 12.7 Å². The van der Waals surface area contributed by atoms with E-state index in [1.165, 1.54) is 0 Å². The van der Waals surface area contributed by atoms with Crippen LogP contribution < -0.4 is 5.32 Å². The molecule has 0 aliphatic heterocycles. The smallest absolute Gasteiger partial charge is 0.220 e. The maximum atomic E-state index is 11.4. The maximum absolute atomic E-state index is 11.4. The molecule has 1 saturated carbocycles. The fourth-order valence-corrected chi connectivity index (χ4v) is 1.86. The van der Waals surface area contributed by atoms with Crippen molar-refractivity contribution in [3.05, 3.63) is 12.7 Å². The summed E-state index contributed by atoms with van der Waals surface area (Å²) in [5, 5.41) is 2.88. The van der Waals surface area contributed by atoms with E-state index in [2.05, 4.69) is 11.9 Å². The molecule has 0 unspecified atom stereocenters. The third-order valence-corrected chi connectivity index (χ3v) is 2.74. The van der Waals surface area contributed by atoms with Gasteiger partial charge in [0.15, 0.2) is 0 Å². The number of rotatable bonds is 7. The average molecular weight is 211 g/mol. The summed E-state index contributed by atoms with van der Waals surface area (Å²) in [6.07, 6.45) is 5.81. The Morgan fingerprint density at radius 3 is 2.93 bits per heavy atom. The van der Waals surface area contributed by atoms with Crippen molar-refractivity contribution in [2.75, 3.05) is 13.2 Å². The molecular weight excluding hydrogens is 190 g/mol. The fourth-order valence-electron chi connectivity index (χ4n) is 1.86. The molecule has 0 spiro atoms. The first-order valence-electron chi connectivity index (χ1n) is 5.75. The molecule has 3 heteroatoms. The van der Waals surface area contributed by atoms with Crippen LogP contribution >= 0.6 is 0 Å². The summed E-state index contributed by atoms with van der Waals surface area (Å²) in [6, 6.07) is 0. The fraction of sp³-hybridized carbons (Fsp3) is 0.750. The minimum atomic E-state index is 0.164. The lowest BCUT2D eigenvalue weighted by Gasteiger charge is -2.34. The molecule has 1 aliphatic rings. The van der Waals surface area contributed by atoms with Gasteiger partial charge in [-0.3, -0.25) is 4.79 Å². The van der Waals surface area contributed by atoms with Crippen LogP contribution in [-0.2, 0) is 9.53 Å². The Labute approximate surface area is 91.9 Å². The van der Waals surface area contributed by atoms with Crippen molar-refractivity contribution in [1.82, 2.24) is 5.32 Å². The molecule has 1 N–H and O–H groups in total. The normalized spacial score (nSPS) is 24.3.